The minimum Gasteiger partial charge on any atom is -0.455 e. The molecule has 4 saturated carbocycles. The van der Waals surface area contributed by atoms with E-state index in [9.17, 15) is 4.79 Å². The van der Waals surface area contributed by atoms with Gasteiger partial charge in [0.15, 0.2) is 0 Å². The van der Waals surface area contributed by atoms with Gasteiger partial charge in [-0.25, -0.2) is 4.79 Å². The summed E-state index contributed by atoms with van der Waals surface area (Å²) < 4.78 is 5.98. The van der Waals surface area contributed by atoms with Crippen LogP contribution in [0.25, 0.3) is 0 Å². The van der Waals surface area contributed by atoms with Crippen LogP contribution in [0.2, 0.25) is 0 Å². The van der Waals surface area contributed by atoms with Crippen molar-refractivity contribution in [3.8, 4) is 0 Å². The standard InChI is InChI=1S/C16H24O2/c1-4-5-14(17)18-16-9-11-6-12(10-16)8-13(7-11)15(16,2)3/h4-5,11-13H,6-10H2,1-3H3/b5-4+. The molecule has 4 fully saturated rings. The number of rotatable bonds is 2. The van der Waals surface area contributed by atoms with E-state index in [1.807, 2.05) is 6.92 Å². The first-order valence-corrected chi connectivity index (χ1v) is 7.32. The van der Waals surface area contributed by atoms with E-state index in [4.69, 9.17) is 4.74 Å². The number of carbonyl (C=O) groups is 1. The summed E-state index contributed by atoms with van der Waals surface area (Å²) in [6.07, 6.45) is 9.60. The Morgan fingerprint density at radius 1 is 1.17 bits per heavy atom. The molecule has 2 heteroatoms. The highest BCUT2D eigenvalue weighted by atomic mass is 16.6. The van der Waals surface area contributed by atoms with Gasteiger partial charge in [-0.15, -0.1) is 0 Å². The molecule has 100 valence electrons. The van der Waals surface area contributed by atoms with Crippen molar-refractivity contribution in [2.75, 3.05) is 0 Å². The highest BCUT2D eigenvalue weighted by Gasteiger charge is 2.63. The molecule has 4 aliphatic carbocycles. The Morgan fingerprint density at radius 3 is 2.33 bits per heavy atom. The van der Waals surface area contributed by atoms with Crippen LogP contribution < -0.4 is 0 Å². The zero-order chi connectivity index (χ0) is 13.0. The molecule has 0 N–H and O–H groups in total. The molecule has 4 rings (SSSR count). The van der Waals surface area contributed by atoms with E-state index < -0.39 is 0 Å². The lowest BCUT2D eigenvalue weighted by Gasteiger charge is -2.64. The van der Waals surface area contributed by atoms with Gasteiger partial charge in [-0.05, 0) is 56.8 Å². The van der Waals surface area contributed by atoms with E-state index in [0.717, 1.165) is 30.6 Å². The van der Waals surface area contributed by atoms with Crippen LogP contribution in [0.3, 0.4) is 0 Å². The van der Waals surface area contributed by atoms with Crippen LogP contribution in [0.4, 0.5) is 0 Å². The fourth-order valence-corrected chi connectivity index (χ4v) is 4.98. The normalized spacial score (nSPS) is 44.5. The molecule has 0 heterocycles. The molecule has 2 atom stereocenters. The first-order valence-electron chi connectivity index (χ1n) is 7.32. The second-order valence-electron chi connectivity index (χ2n) is 7.18. The van der Waals surface area contributed by atoms with Crippen molar-refractivity contribution in [1.29, 1.82) is 0 Å². The SMILES string of the molecule is C/C=C/C(=O)OC12CC3CC(CC(C3)C1(C)C)C2. The molecule has 4 aliphatic rings. The molecular weight excluding hydrogens is 224 g/mol. The molecule has 0 spiro atoms. The van der Waals surface area contributed by atoms with Gasteiger partial charge in [0.2, 0.25) is 0 Å². The van der Waals surface area contributed by atoms with Crippen LogP contribution in [-0.2, 0) is 9.53 Å². The molecule has 18 heavy (non-hydrogen) atoms. The van der Waals surface area contributed by atoms with E-state index in [1.165, 1.54) is 19.3 Å². The highest BCUT2D eigenvalue weighted by molar-refractivity contribution is 5.82. The van der Waals surface area contributed by atoms with Crippen molar-refractivity contribution >= 4 is 5.97 Å². The summed E-state index contributed by atoms with van der Waals surface area (Å²) in [6.45, 7) is 6.50. The summed E-state index contributed by atoms with van der Waals surface area (Å²) in [7, 11) is 0. The van der Waals surface area contributed by atoms with Gasteiger partial charge in [0, 0.05) is 11.5 Å². The summed E-state index contributed by atoms with van der Waals surface area (Å²) in [5.74, 6) is 2.21. The van der Waals surface area contributed by atoms with Gasteiger partial charge in [-0.2, -0.15) is 0 Å². The molecule has 0 saturated heterocycles. The summed E-state index contributed by atoms with van der Waals surface area (Å²) in [6, 6.07) is 0. The van der Waals surface area contributed by atoms with Gasteiger partial charge in [0.25, 0.3) is 0 Å². The van der Waals surface area contributed by atoms with Crippen LogP contribution >= 0.6 is 0 Å². The minimum atomic E-state index is -0.182. The van der Waals surface area contributed by atoms with E-state index in [2.05, 4.69) is 13.8 Å². The predicted molar refractivity (Wildman–Crippen MR) is 71.0 cm³/mol. The van der Waals surface area contributed by atoms with Crippen LogP contribution in [0, 0.1) is 23.2 Å². The van der Waals surface area contributed by atoms with Gasteiger partial charge in [0.05, 0.1) is 0 Å². The number of hydrogen-bond donors (Lipinski definition) is 0. The van der Waals surface area contributed by atoms with Gasteiger partial charge in [0.1, 0.15) is 5.60 Å². The van der Waals surface area contributed by atoms with Gasteiger partial charge in [-0.3, -0.25) is 0 Å². The third-order valence-corrected chi connectivity index (χ3v) is 5.93. The quantitative estimate of drug-likeness (QED) is 0.550. The lowest BCUT2D eigenvalue weighted by molar-refractivity contribution is -0.231. The van der Waals surface area contributed by atoms with Gasteiger partial charge >= 0.3 is 5.97 Å². The Bertz CT molecular complexity index is 380. The average Bonchev–Trinajstić information content (AvgIpc) is 2.25. The molecule has 0 aromatic heterocycles. The monoisotopic (exact) mass is 248 g/mol. The van der Waals surface area contributed by atoms with Crippen molar-refractivity contribution in [2.24, 2.45) is 23.2 Å². The number of hydrogen-bond acceptors (Lipinski definition) is 2. The van der Waals surface area contributed by atoms with Crippen molar-refractivity contribution in [1.82, 2.24) is 0 Å². The Hall–Kier alpha value is -0.790. The number of esters is 1. The summed E-state index contributed by atoms with van der Waals surface area (Å²) in [5, 5.41) is 0. The lowest BCUT2D eigenvalue weighted by Crippen LogP contribution is -2.63. The fraction of sp³-hybridized carbons (Fsp3) is 0.812. The molecule has 4 bridgehead atoms. The van der Waals surface area contributed by atoms with E-state index in [1.54, 1.807) is 12.2 Å². The Kier molecular flexibility index (Phi) is 2.62. The van der Waals surface area contributed by atoms with Crippen molar-refractivity contribution in [2.45, 2.75) is 58.5 Å². The number of allylic oxidation sites excluding steroid dienone is 1. The lowest BCUT2D eigenvalue weighted by atomic mass is 9.44. The van der Waals surface area contributed by atoms with Crippen molar-refractivity contribution in [3.05, 3.63) is 12.2 Å². The number of ether oxygens (including phenoxy) is 1. The smallest absolute Gasteiger partial charge is 0.330 e. The zero-order valence-corrected chi connectivity index (χ0v) is 11.7. The molecule has 0 aromatic rings. The third kappa shape index (κ3) is 1.57. The minimum absolute atomic E-state index is 0.146. The highest BCUT2D eigenvalue weighted by Crippen LogP contribution is 2.65. The maximum absolute atomic E-state index is 11.9. The van der Waals surface area contributed by atoms with Crippen molar-refractivity contribution in [3.63, 3.8) is 0 Å². The summed E-state index contributed by atoms with van der Waals surface area (Å²) in [5.41, 5.74) is -0.0317. The second kappa shape index (κ2) is 3.85. The first-order chi connectivity index (χ1) is 8.47. The van der Waals surface area contributed by atoms with E-state index in [-0.39, 0.29) is 17.0 Å². The zero-order valence-electron chi connectivity index (χ0n) is 11.7. The molecular formula is C16H24O2. The van der Waals surface area contributed by atoms with E-state index in [0.29, 0.717) is 0 Å². The summed E-state index contributed by atoms with van der Waals surface area (Å²) in [4.78, 5) is 11.9. The Balaban J connectivity index is 1.90. The summed E-state index contributed by atoms with van der Waals surface area (Å²) >= 11 is 0. The van der Waals surface area contributed by atoms with Gasteiger partial charge < -0.3 is 4.74 Å². The van der Waals surface area contributed by atoms with Crippen LogP contribution in [0.1, 0.15) is 52.9 Å². The second-order valence-corrected chi connectivity index (χ2v) is 7.18. The molecule has 0 amide bonds. The average molecular weight is 248 g/mol. The van der Waals surface area contributed by atoms with Crippen molar-refractivity contribution < 1.29 is 9.53 Å². The van der Waals surface area contributed by atoms with E-state index >= 15 is 0 Å². The molecule has 0 aromatic carbocycles. The molecule has 2 nitrogen and oxygen atoms in total. The predicted octanol–water partition coefficient (Wildman–Crippen LogP) is 3.71. The Labute approximate surface area is 110 Å². The molecule has 0 radical (unpaired) electrons. The Morgan fingerprint density at radius 2 is 1.78 bits per heavy atom. The van der Waals surface area contributed by atoms with Crippen LogP contribution in [0.15, 0.2) is 12.2 Å². The largest absolute Gasteiger partial charge is 0.455 e. The molecule has 2 unspecified atom stereocenters. The fourth-order valence-electron chi connectivity index (χ4n) is 4.98. The molecule has 0 aliphatic heterocycles. The maximum Gasteiger partial charge on any atom is 0.330 e. The third-order valence-electron chi connectivity index (χ3n) is 5.93. The van der Waals surface area contributed by atoms with Crippen LogP contribution in [0.5, 0.6) is 0 Å². The maximum atomic E-state index is 11.9. The van der Waals surface area contributed by atoms with Gasteiger partial charge in [-0.1, -0.05) is 19.9 Å². The topological polar surface area (TPSA) is 26.3 Å². The first kappa shape index (κ1) is 12.3. The number of carbonyl (C=O) groups excluding carboxylic acids is 1. The van der Waals surface area contributed by atoms with Crippen LogP contribution in [-0.4, -0.2) is 11.6 Å².